The number of aliphatic hydroxyl groups is 1. The lowest BCUT2D eigenvalue weighted by molar-refractivity contribution is -0.139. The molecule has 2 aromatic heterocycles. The standard InChI is InChI=1S/C32H38N8O5/c41-29(8-12-37-16-18-45-19-17-37)35-25-6-7-26-27(21-25)33-23-39(30(26)42)22-32(44)9-13-38(14-10-32)31(43)28(40-15-11-34-36-40)20-24-4-2-1-3-5-24/h1-7,11,15,21,23,28,44H,8-10,12-14,16-20,22H2,(H,35,41)/t28-/m0/s1. The van der Waals surface area contributed by atoms with Crippen LogP contribution in [0.15, 0.2) is 72.0 Å². The van der Waals surface area contributed by atoms with Gasteiger partial charge in [0, 0.05) is 57.4 Å². The van der Waals surface area contributed by atoms with Crippen LogP contribution in [-0.2, 0) is 27.3 Å². The lowest BCUT2D eigenvalue weighted by Crippen LogP contribution is -2.51. The van der Waals surface area contributed by atoms with Crippen molar-refractivity contribution < 1.29 is 19.4 Å². The second kappa shape index (κ2) is 13.7. The number of hydrogen-bond acceptors (Lipinski definition) is 9. The molecule has 0 radical (unpaired) electrons. The monoisotopic (exact) mass is 614 g/mol. The normalized spacial score (nSPS) is 17.7. The van der Waals surface area contributed by atoms with Gasteiger partial charge in [0.2, 0.25) is 11.8 Å². The van der Waals surface area contributed by atoms with E-state index in [-0.39, 0.29) is 23.9 Å². The molecule has 0 spiro atoms. The van der Waals surface area contributed by atoms with E-state index in [1.54, 1.807) is 40.2 Å². The van der Waals surface area contributed by atoms with Crippen LogP contribution in [0.1, 0.15) is 30.9 Å². The summed E-state index contributed by atoms with van der Waals surface area (Å²) in [6, 6.07) is 14.3. The van der Waals surface area contributed by atoms with E-state index in [0.29, 0.717) is 75.1 Å². The molecule has 0 aliphatic carbocycles. The maximum absolute atomic E-state index is 13.6. The van der Waals surface area contributed by atoms with Gasteiger partial charge >= 0.3 is 0 Å². The van der Waals surface area contributed by atoms with Gasteiger partial charge in [-0.25, -0.2) is 9.67 Å². The number of likely N-dealkylation sites (tertiary alicyclic amines) is 1. The second-order valence-electron chi connectivity index (χ2n) is 11.8. The average Bonchev–Trinajstić information content (AvgIpc) is 3.60. The van der Waals surface area contributed by atoms with Crippen LogP contribution in [0.25, 0.3) is 10.9 Å². The number of piperidine rings is 1. The molecule has 2 amide bonds. The number of hydrogen-bond donors (Lipinski definition) is 2. The number of aromatic nitrogens is 5. The molecular formula is C32H38N8O5. The molecule has 0 bridgehead atoms. The van der Waals surface area contributed by atoms with Gasteiger partial charge in [-0.1, -0.05) is 35.5 Å². The number of ether oxygens (including phenoxy) is 1. The first-order chi connectivity index (χ1) is 21.9. The predicted octanol–water partition coefficient (Wildman–Crippen LogP) is 1.49. The molecule has 2 aromatic carbocycles. The number of nitrogens with one attached hydrogen (secondary N) is 1. The molecule has 236 valence electrons. The topological polar surface area (TPSA) is 148 Å². The summed E-state index contributed by atoms with van der Waals surface area (Å²) in [6.45, 7) is 4.44. The summed E-state index contributed by atoms with van der Waals surface area (Å²) >= 11 is 0. The highest BCUT2D eigenvalue weighted by molar-refractivity contribution is 5.93. The maximum Gasteiger partial charge on any atom is 0.261 e. The van der Waals surface area contributed by atoms with Crippen LogP contribution < -0.4 is 10.9 Å². The van der Waals surface area contributed by atoms with Crippen molar-refractivity contribution in [1.82, 2.24) is 34.3 Å². The van der Waals surface area contributed by atoms with Crippen molar-refractivity contribution in [2.24, 2.45) is 0 Å². The van der Waals surface area contributed by atoms with Crippen LogP contribution in [-0.4, -0.2) is 103 Å². The van der Waals surface area contributed by atoms with Crippen LogP contribution >= 0.6 is 0 Å². The van der Waals surface area contributed by atoms with Crippen LogP contribution in [0.4, 0.5) is 5.69 Å². The summed E-state index contributed by atoms with van der Waals surface area (Å²) in [4.78, 5) is 47.9. The third-order valence-corrected chi connectivity index (χ3v) is 8.66. The Morgan fingerprint density at radius 1 is 1.04 bits per heavy atom. The SMILES string of the molecule is O=C(CCN1CCOCC1)Nc1ccc2c(=O)n(CC3(O)CCN(C(=O)[C@H](Cc4ccccc4)n4ccnn4)CC3)cnc2c1. The van der Waals surface area contributed by atoms with Crippen molar-refractivity contribution in [3.8, 4) is 0 Å². The molecule has 2 N–H and O–H groups in total. The van der Waals surface area contributed by atoms with Crippen molar-refractivity contribution in [3.05, 3.63) is 83.2 Å². The summed E-state index contributed by atoms with van der Waals surface area (Å²) in [5, 5.41) is 22.7. The first kappa shape index (κ1) is 30.6. The quantitative estimate of drug-likeness (QED) is 0.271. The molecule has 4 aromatic rings. The van der Waals surface area contributed by atoms with Gasteiger partial charge in [0.05, 0.1) is 48.8 Å². The highest BCUT2D eigenvalue weighted by Gasteiger charge is 2.37. The van der Waals surface area contributed by atoms with Crippen molar-refractivity contribution in [1.29, 1.82) is 0 Å². The summed E-state index contributed by atoms with van der Waals surface area (Å²) in [7, 11) is 0. The van der Waals surface area contributed by atoms with Gasteiger partial charge in [-0.2, -0.15) is 0 Å². The minimum atomic E-state index is -1.17. The fraction of sp³-hybridized carbons (Fsp3) is 0.438. The van der Waals surface area contributed by atoms with E-state index < -0.39 is 11.6 Å². The Morgan fingerprint density at radius 3 is 2.56 bits per heavy atom. The first-order valence-electron chi connectivity index (χ1n) is 15.4. The van der Waals surface area contributed by atoms with Gasteiger partial charge in [0.15, 0.2) is 0 Å². The molecule has 0 saturated carbocycles. The Hall–Kier alpha value is -4.46. The van der Waals surface area contributed by atoms with Gasteiger partial charge in [-0.15, -0.1) is 5.10 Å². The Kier molecular flexibility index (Phi) is 9.29. The van der Waals surface area contributed by atoms with Crippen LogP contribution in [0.2, 0.25) is 0 Å². The zero-order chi connectivity index (χ0) is 31.2. The molecule has 4 heterocycles. The van der Waals surface area contributed by atoms with E-state index >= 15 is 0 Å². The number of nitrogens with zero attached hydrogens (tertiary/aromatic N) is 7. The summed E-state index contributed by atoms with van der Waals surface area (Å²) in [5.74, 6) is -0.186. The van der Waals surface area contributed by atoms with E-state index in [1.165, 1.54) is 10.9 Å². The summed E-state index contributed by atoms with van der Waals surface area (Å²) in [5.41, 5.74) is 0.609. The number of morpholine rings is 1. The molecule has 45 heavy (non-hydrogen) atoms. The Labute approximate surface area is 260 Å². The lowest BCUT2D eigenvalue weighted by atomic mass is 9.90. The van der Waals surface area contributed by atoms with Crippen molar-refractivity contribution in [3.63, 3.8) is 0 Å². The van der Waals surface area contributed by atoms with E-state index in [9.17, 15) is 19.5 Å². The minimum Gasteiger partial charge on any atom is -0.388 e. The van der Waals surface area contributed by atoms with Gasteiger partial charge in [-0.3, -0.25) is 23.9 Å². The first-order valence-corrected chi connectivity index (χ1v) is 15.4. The maximum atomic E-state index is 13.6. The van der Waals surface area contributed by atoms with Crippen LogP contribution in [0, 0.1) is 0 Å². The number of rotatable bonds is 10. The molecule has 13 heteroatoms. The third kappa shape index (κ3) is 7.44. The number of amides is 2. The molecular weight excluding hydrogens is 576 g/mol. The smallest absolute Gasteiger partial charge is 0.261 e. The summed E-state index contributed by atoms with van der Waals surface area (Å²) in [6.07, 6.45) is 6.15. The lowest BCUT2D eigenvalue weighted by Gasteiger charge is -2.39. The molecule has 6 rings (SSSR count). The molecule has 13 nitrogen and oxygen atoms in total. The van der Waals surface area contributed by atoms with Crippen LogP contribution in [0.5, 0.6) is 0 Å². The molecule has 2 saturated heterocycles. The van der Waals surface area contributed by atoms with Gasteiger partial charge in [0.1, 0.15) is 6.04 Å². The zero-order valence-electron chi connectivity index (χ0n) is 25.1. The number of benzene rings is 2. The number of carbonyl (C=O) groups excluding carboxylic acids is 2. The van der Waals surface area contributed by atoms with Gasteiger partial charge < -0.3 is 20.1 Å². The van der Waals surface area contributed by atoms with Crippen LogP contribution in [0.3, 0.4) is 0 Å². The molecule has 2 aliphatic heterocycles. The van der Waals surface area contributed by atoms with Gasteiger partial charge in [0.25, 0.3) is 5.56 Å². The Bertz CT molecular complexity index is 1660. The average molecular weight is 615 g/mol. The summed E-state index contributed by atoms with van der Waals surface area (Å²) < 4.78 is 8.36. The Morgan fingerprint density at radius 2 is 1.82 bits per heavy atom. The number of anilines is 1. The molecule has 0 unspecified atom stereocenters. The predicted molar refractivity (Wildman–Crippen MR) is 166 cm³/mol. The van der Waals surface area contributed by atoms with Gasteiger partial charge in [-0.05, 0) is 36.6 Å². The fourth-order valence-corrected chi connectivity index (χ4v) is 6.00. The number of fused-ring (bicyclic) bond motifs is 1. The fourth-order valence-electron chi connectivity index (χ4n) is 6.00. The van der Waals surface area contributed by atoms with E-state index in [0.717, 1.165) is 18.7 Å². The largest absolute Gasteiger partial charge is 0.388 e. The Balaban J connectivity index is 1.07. The third-order valence-electron chi connectivity index (χ3n) is 8.66. The van der Waals surface area contributed by atoms with E-state index in [1.807, 2.05) is 30.3 Å². The zero-order valence-corrected chi connectivity index (χ0v) is 25.1. The minimum absolute atomic E-state index is 0.0628. The molecule has 2 fully saturated rings. The molecule has 1 atom stereocenters. The van der Waals surface area contributed by atoms with Crippen molar-refractivity contribution in [2.75, 3.05) is 51.3 Å². The molecule has 2 aliphatic rings. The highest BCUT2D eigenvalue weighted by atomic mass is 16.5. The van der Waals surface area contributed by atoms with Crippen molar-refractivity contribution >= 4 is 28.4 Å². The highest BCUT2D eigenvalue weighted by Crippen LogP contribution is 2.27. The van der Waals surface area contributed by atoms with E-state index in [2.05, 4.69) is 25.5 Å². The van der Waals surface area contributed by atoms with Crippen molar-refractivity contribution in [2.45, 2.75) is 43.9 Å². The van der Waals surface area contributed by atoms with E-state index in [4.69, 9.17) is 4.74 Å². The second-order valence-corrected chi connectivity index (χ2v) is 11.8. The number of carbonyl (C=O) groups is 2.